The first-order chi connectivity index (χ1) is 14.7. The van der Waals surface area contributed by atoms with Gasteiger partial charge < -0.3 is 4.57 Å². The lowest BCUT2D eigenvalue weighted by molar-refractivity contribution is 0.0997. The summed E-state index contributed by atoms with van der Waals surface area (Å²) in [5.41, 5.74) is 0.227. The number of hydrogen-bond donors (Lipinski definition) is 0. The first kappa shape index (κ1) is 21.4. The van der Waals surface area contributed by atoms with E-state index in [9.17, 15) is 22.0 Å². The molecule has 0 radical (unpaired) electrons. The molecule has 160 valence electrons. The molecule has 1 aromatic heterocycles. The van der Waals surface area contributed by atoms with Crippen LogP contribution in [0.5, 0.6) is 0 Å². The molecule has 1 heterocycles. The van der Waals surface area contributed by atoms with E-state index in [1.54, 1.807) is 0 Å². The predicted molar refractivity (Wildman–Crippen MR) is 113 cm³/mol. The fraction of sp³-hybridized carbons (Fsp3) is 0.238. The summed E-state index contributed by atoms with van der Waals surface area (Å²) < 4.78 is 56.0. The van der Waals surface area contributed by atoms with Crippen molar-refractivity contribution in [1.82, 2.24) is 8.87 Å². The molecule has 0 unspecified atom stereocenters. The number of carbonyl (C=O) groups is 1. The predicted octanol–water partition coefficient (Wildman–Crippen LogP) is 3.14. The van der Waals surface area contributed by atoms with Gasteiger partial charge in [0.05, 0.1) is 21.7 Å². The Hall–Kier alpha value is -2.87. The molecule has 0 N–H and O–H groups in total. The van der Waals surface area contributed by atoms with Crippen LogP contribution < -0.4 is 4.80 Å². The van der Waals surface area contributed by atoms with Gasteiger partial charge in [-0.2, -0.15) is 9.30 Å². The number of aromatic nitrogens is 1. The zero-order valence-corrected chi connectivity index (χ0v) is 18.0. The van der Waals surface area contributed by atoms with E-state index < -0.39 is 27.6 Å². The second kappa shape index (κ2) is 8.00. The third kappa shape index (κ3) is 4.04. The number of thiazole rings is 1. The highest BCUT2D eigenvalue weighted by atomic mass is 32.2. The van der Waals surface area contributed by atoms with Crippen LogP contribution in [0.1, 0.15) is 23.2 Å². The highest BCUT2D eigenvalue weighted by molar-refractivity contribution is 7.89. The monoisotopic (exact) mass is 461 g/mol. The van der Waals surface area contributed by atoms with Gasteiger partial charge in [0.25, 0.3) is 5.91 Å². The number of hydrogen-bond acceptors (Lipinski definition) is 4. The van der Waals surface area contributed by atoms with Gasteiger partial charge in [-0.1, -0.05) is 17.3 Å². The lowest BCUT2D eigenvalue weighted by Crippen LogP contribution is -2.28. The maximum absolute atomic E-state index is 14.3. The summed E-state index contributed by atoms with van der Waals surface area (Å²) in [7, 11) is -2.09. The van der Waals surface area contributed by atoms with Gasteiger partial charge in [-0.25, -0.2) is 17.2 Å². The van der Waals surface area contributed by atoms with E-state index >= 15 is 0 Å². The van der Waals surface area contributed by atoms with E-state index in [2.05, 4.69) is 10.9 Å². The Labute approximate surface area is 181 Å². The normalized spacial score (nSPS) is 14.9. The minimum Gasteiger partial charge on any atom is -0.302 e. The number of halogens is 2. The van der Waals surface area contributed by atoms with Crippen LogP contribution in [0.15, 0.2) is 46.3 Å². The Morgan fingerprint density at radius 1 is 1.29 bits per heavy atom. The second-order valence-electron chi connectivity index (χ2n) is 7.10. The van der Waals surface area contributed by atoms with E-state index in [1.807, 2.05) is 0 Å². The lowest BCUT2D eigenvalue weighted by Gasteiger charge is -2.16. The number of benzene rings is 2. The third-order valence-electron chi connectivity index (χ3n) is 4.98. The smallest absolute Gasteiger partial charge is 0.279 e. The number of terminal acetylenes is 1. The molecule has 1 amide bonds. The molecule has 1 aliphatic rings. The Morgan fingerprint density at radius 2 is 1.97 bits per heavy atom. The SMILES string of the molecule is C#CCn1c(=NC(=O)c2ccc(S(=O)(=O)N(C)C3CC3)cc2)sc2cc(F)cc(F)c21. The average Bonchev–Trinajstić information content (AvgIpc) is 3.51. The lowest BCUT2D eigenvalue weighted by atomic mass is 10.2. The molecule has 0 aliphatic heterocycles. The van der Waals surface area contributed by atoms with Gasteiger partial charge in [0, 0.05) is 24.7 Å². The Bertz CT molecular complexity index is 1400. The molecular weight excluding hydrogens is 444 g/mol. The van der Waals surface area contributed by atoms with Crippen LogP contribution in [0.4, 0.5) is 8.78 Å². The Kier molecular flexibility index (Phi) is 5.51. The summed E-state index contributed by atoms with van der Waals surface area (Å²) in [6.45, 7) is -0.0562. The number of carbonyl (C=O) groups excluding carboxylic acids is 1. The molecule has 0 saturated heterocycles. The van der Waals surface area contributed by atoms with Crippen LogP contribution >= 0.6 is 11.3 Å². The van der Waals surface area contributed by atoms with Crippen LogP contribution in [-0.2, 0) is 16.6 Å². The van der Waals surface area contributed by atoms with Gasteiger partial charge in [-0.3, -0.25) is 4.79 Å². The summed E-state index contributed by atoms with van der Waals surface area (Å²) in [5.74, 6) is 0.171. The summed E-state index contributed by atoms with van der Waals surface area (Å²) in [6.07, 6.45) is 7.03. The second-order valence-corrected chi connectivity index (χ2v) is 10.1. The first-order valence-electron chi connectivity index (χ1n) is 9.31. The van der Waals surface area contributed by atoms with Gasteiger partial charge in [-0.05, 0) is 43.2 Å². The molecule has 2 aromatic carbocycles. The third-order valence-corrected chi connectivity index (χ3v) is 7.93. The van der Waals surface area contributed by atoms with Gasteiger partial charge in [0.15, 0.2) is 10.6 Å². The van der Waals surface area contributed by atoms with Crippen molar-refractivity contribution in [3.63, 3.8) is 0 Å². The van der Waals surface area contributed by atoms with Crippen molar-refractivity contribution >= 4 is 37.5 Å². The molecule has 10 heteroatoms. The zero-order chi connectivity index (χ0) is 22.3. The average molecular weight is 462 g/mol. The molecule has 6 nitrogen and oxygen atoms in total. The van der Waals surface area contributed by atoms with Crippen molar-refractivity contribution in [2.45, 2.75) is 30.3 Å². The van der Waals surface area contributed by atoms with Crippen LogP contribution in [-0.4, -0.2) is 36.3 Å². The van der Waals surface area contributed by atoms with Crippen LogP contribution in [0.25, 0.3) is 10.2 Å². The molecule has 31 heavy (non-hydrogen) atoms. The van der Waals surface area contributed by atoms with Crippen LogP contribution in [0.3, 0.4) is 0 Å². The molecule has 1 aliphatic carbocycles. The van der Waals surface area contributed by atoms with Crippen molar-refractivity contribution in [3.8, 4) is 12.3 Å². The summed E-state index contributed by atoms with van der Waals surface area (Å²) >= 11 is 0.934. The molecule has 0 spiro atoms. The number of nitrogens with zero attached hydrogens (tertiary/aromatic N) is 3. The molecule has 3 aromatic rings. The van der Waals surface area contributed by atoms with Crippen molar-refractivity contribution in [1.29, 1.82) is 0 Å². The molecule has 1 fully saturated rings. The quantitative estimate of drug-likeness (QED) is 0.548. The fourth-order valence-corrected chi connectivity index (χ4v) is 5.66. The highest BCUT2D eigenvalue weighted by Gasteiger charge is 2.35. The Balaban J connectivity index is 1.71. The molecule has 0 bridgehead atoms. The topological polar surface area (TPSA) is 71.7 Å². The van der Waals surface area contributed by atoms with Gasteiger partial charge in [0.2, 0.25) is 10.0 Å². The maximum atomic E-state index is 14.3. The standard InChI is InChI=1S/C21H17F2N3O3S2/c1-3-10-26-19-17(23)11-14(22)12-18(19)30-21(26)24-20(27)13-4-8-16(9-5-13)31(28,29)25(2)15-6-7-15/h1,4-5,8-9,11-12,15H,6-7,10H2,2H3. The zero-order valence-electron chi connectivity index (χ0n) is 16.4. The number of rotatable bonds is 5. The highest BCUT2D eigenvalue weighted by Crippen LogP contribution is 2.30. The van der Waals surface area contributed by atoms with E-state index in [0.717, 1.165) is 36.3 Å². The van der Waals surface area contributed by atoms with Gasteiger partial charge in [-0.15, -0.1) is 6.42 Å². The van der Waals surface area contributed by atoms with E-state index in [1.165, 1.54) is 40.2 Å². The largest absolute Gasteiger partial charge is 0.302 e. The van der Waals surface area contributed by atoms with Crippen LogP contribution in [0.2, 0.25) is 0 Å². The molecule has 4 rings (SSSR count). The van der Waals surface area contributed by atoms with Gasteiger partial charge in [0.1, 0.15) is 5.82 Å². The van der Waals surface area contributed by atoms with Crippen molar-refractivity contribution in [2.75, 3.05) is 7.05 Å². The van der Waals surface area contributed by atoms with E-state index in [-0.39, 0.29) is 38.1 Å². The minimum absolute atomic E-state index is 0.0195. The molecular formula is C21H17F2N3O3S2. The number of amides is 1. The van der Waals surface area contributed by atoms with Gasteiger partial charge >= 0.3 is 0 Å². The maximum Gasteiger partial charge on any atom is 0.279 e. The van der Waals surface area contributed by atoms with E-state index in [4.69, 9.17) is 6.42 Å². The minimum atomic E-state index is -3.63. The summed E-state index contributed by atoms with van der Waals surface area (Å²) in [6, 6.07) is 7.36. The fourth-order valence-electron chi connectivity index (χ4n) is 3.17. The van der Waals surface area contributed by atoms with E-state index in [0.29, 0.717) is 0 Å². The number of fused-ring (bicyclic) bond motifs is 1. The first-order valence-corrected chi connectivity index (χ1v) is 11.6. The van der Waals surface area contributed by atoms with Crippen molar-refractivity contribution < 1.29 is 22.0 Å². The van der Waals surface area contributed by atoms with Crippen LogP contribution in [0, 0.1) is 24.0 Å². The van der Waals surface area contributed by atoms with Crippen molar-refractivity contribution in [3.05, 3.63) is 58.4 Å². The van der Waals surface area contributed by atoms with Crippen molar-refractivity contribution in [2.24, 2.45) is 4.99 Å². The number of sulfonamides is 1. The Morgan fingerprint density at radius 3 is 2.58 bits per heavy atom. The molecule has 0 atom stereocenters. The molecule has 1 saturated carbocycles. The summed E-state index contributed by atoms with van der Waals surface area (Å²) in [4.78, 5) is 16.9. The summed E-state index contributed by atoms with van der Waals surface area (Å²) in [5, 5.41) is 0.